The van der Waals surface area contributed by atoms with Crippen LogP contribution in [0.3, 0.4) is 0 Å². The lowest BCUT2D eigenvalue weighted by molar-refractivity contribution is -0.140. The summed E-state index contributed by atoms with van der Waals surface area (Å²) in [7, 11) is 1.39. The monoisotopic (exact) mass is 494 g/mol. The molecule has 0 saturated heterocycles. The van der Waals surface area contributed by atoms with Crippen LogP contribution in [0.5, 0.6) is 5.75 Å². The van der Waals surface area contributed by atoms with Gasteiger partial charge in [0.1, 0.15) is 11.4 Å². The molecule has 0 saturated carbocycles. The van der Waals surface area contributed by atoms with Gasteiger partial charge < -0.3 is 14.6 Å². The molecule has 0 aromatic heterocycles. The predicted molar refractivity (Wildman–Crippen MR) is 139 cm³/mol. The number of allylic oxidation sites excluding steroid dienone is 2. The van der Waals surface area contributed by atoms with Crippen LogP contribution in [0.2, 0.25) is 0 Å². The number of ketones is 1. The highest BCUT2D eigenvalue weighted by Crippen LogP contribution is 2.42. The van der Waals surface area contributed by atoms with Gasteiger partial charge in [0.25, 0.3) is 0 Å². The van der Waals surface area contributed by atoms with Crippen LogP contribution in [-0.2, 0) is 14.3 Å². The van der Waals surface area contributed by atoms with Crippen molar-refractivity contribution in [2.45, 2.75) is 61.9 Å². The lowest BCUT2D eigenvalue weighted by Crippen LogP contribution is -2.28. The highest BCUT2D eigenvalue weighted by atomic mass is 32.2. The Morgan fingerprint density at radius 2 is 1.69 bits per heavy atom. The number of Topliss-reactive ketones (excluding diaryl/α,β-unsaturated/α-hetero) is 1. The highest BCUT2D eigenvalue weighted by Gasteiger charge is 2.41. The van der Waals surface area contributed by atoms with Crippen molar-refractivity contribution in [2.75, 3.05) is 13.7 Å². The quantitative estimate of drug-likeness (QED) is 0.189. The molecule has 0 bridgehead atoms. The SMILES string of the molecule is COC(=O)CCCCC/C=C1/C(=O)C(Sc2ccccc2)=CC1(O)CCCCOc1ccccc1. The van der Waals surface area contributed by atoms with Gasteiger partial charge in [-0.15, -0.1) is 0 Å². The summed E-state index contributed by atoms with van der Waals surface area (Å²) in [5.74, 6) is 0.527. The molecule has 0 aliphatic heterocycles. The number of para-hydroxylation sites is 1. The van der Waals surface area contributed by atoms with E-state index in [9.17, 15) is 14.7 Å². The van der Waals surface area contributed by atoms with E-state index in [1.165, 1.54) is 18.9 Å². The molecule has 0 amide bonds. The topological polar surface area (TPSA) is 72.8 Å². The molecular formula is C29H34O5S. The minimum absolute atomic E-state index is 0.101. The van der Waals surface area contributed by atoms with Gasteiger partial charge >= 0.3 is 5.97 Å². The second-order valence-electron chi connectivity index (χ2n) is 8.59. The fourth-order valence-electron chi connectivity index (χ4n) is 4.00. The number of hydrogen-bond donors (Lipinski definition) is 1. The van der Waals surface area contributed by atoms with Gasteiger partial charge in [0.2, 0.25) is 0 Å². The van der Waals surface area contributed by atoms with E-state index in [-0.39, 0.29) is 11.8 Å². The third-order valence-corrected chi connectivity index (χ3v) is 6.93. The summed E-state index contributed by atoms with van der Waals surface area (Å²) in [5.41, 5.74) is -0.805. The largest absolute Gasteiger partial charge is 0.494 e. The van der Waals surface area contributed by atoms with Gasteiger partial charge in [0.15, 0.2) is 5.78 Å². The average Bonchev–Trinajstić information content (AvgIpc) is 3.11. The van der Waals surface area contributed by atoms with Crippen molar-refractivity contribution in [1.29, 1.82) is 0 Å². The molecule has 1 N–H and O–H groups in total. The third kappa shape index (κ3) is 8.41. The van der Waals surface area contributed by atoms with Crippen LogP contribution in [0.15, 0.2) is 88.2 Å². The Morgan fingerprint density at radius 3 is 2.40 bits per heavy atom. The summed E-state index contributed by atoms with van der Waals surface area (Å²) in [6.07, 6.45) is 9.13. The van der Waals surface area contributed by atoms with Crippen molar-refractivity contribution in [3.63, 3.8) is 0 Å². The molecule has 0 radical (unpaired) electrons. The van der Waals surface area contributed by atoms with E-state index >= 15 is 0 Å². The number of esters is 1. The molecule has 1 atom stereocenters. The van der Waals surface area contributed by atoms with Crippen LogP contribution < -0.4 is 4.74 Å². The van der Waals surface area contributed by atoms with E-state index < -0.39 is 5.60 Å². The van der Waals surface area contributed by atoms with Gasteiger partial charge in [0.05, 0.1) is 18.6 Å². The highest BCUT2D eigenvalue weighted by molar-refractivity contribution is 8.04. The van der Waals surface area contributed by atoms with Crippen LogP contribution in [-0.4, -0.2) is 36.2 Å². The molecule has 5 nitrogen and oxygen atoms in total. The summed E-state index contributed by atoms with van der Waals surface area (Å²) in [6, 6.07) is 19.4. The number of carbonyl (C=O) groups is 2. The molecule has 1 aliphatic carbocycles. The van der Waals surface area contributed by atoms with Crippen molar-refractivity contribution in [3.8, 4) is 5.75 Å². The van der Waals surface area contributed by atoms with Gasteiger partial charge in [-0.1, -0.05) is 60.7 Å². The predicted octanol–water partition coefficient (Wildman–Crippen LogP) is 6.28. The maximum atomic E-state index is 13.2. The lowest BCUT2D eigenvalue weighted by Gasteiger charge is -2.22. The van der Waals surface area contributed by atoms with Crippen molar-refractivity contribution in [3.05, 3.63) is 83.3 Å². The van der Waals surface area contributed by atoms with E-state index in [0.29, 0.717) is 36.3 Å². The fourth-order valence-corrected chi connectivity index (χ4v) is 5.00. The summed E-state index contributed by atoms with van der Waals surface area (Å²) in [4.78, 5) is 26.0. The standard InChI is InChI=1S/C29H34O5S/c1-33-27(30)19-11-3-2-10-18-25-28(31)26(35-24-16-8-5-9-17-24)22-29(25,32)20-12-13-21-34-23-14-6-4-7-15-23/h4-9,14-18,22,32H,2-3,10-13,19-21H2,1H3/b25-18-. The zero-order valence-corrected chi connectivity index (χ0v) is 21.1. The number of ether oxygens (including phenoxy) is 2. The molecule has 0 spiro atoms. The first-order valence-corrected chi connectivity index (χ1v) is 13.0. The Bertz CT molecular complexity index is 1020. The first kappa shape index (κ1) is 26.8. The van der Waals surface area contributed by atoms with Crippen LogP contribution in [0.4, 0.5) is 0 Å². The van der Waals surface area contributed by atoms with Gasteiger partial charge in [-0.3, -0.25) is 9.59 Å². The van der Waals surface area contributed by atoms with Crippen LogP contribution >= 0.6 is 11.8 Å². The number of carbonyl (C=O) groups excluding carboxylic acids is 2. The van der Waals surface area contributed by atoms with Crippen LogP contribution in [0.1, 0.15) is 51.4 Å². The molecule has 0 fully saturated rings. The second kappa shape index (κ2) is 13.9. The maximum Gasteiger partial charge on any atom is 0.305 e. The molecule has 0 heterocycles. The molecular weight excluding hydrogens is 460 g/mol. The Morgan fingerprint density at radius 1 is 0.971 bits per heavy atom. The fraction of sp³-hybridized carbons (Fsp3) is 0.379. The van der Waals surface area contributed by atoms with Gasteiger partial charge in [-0.2, -0.15) is 0 Å². The zero-order valence-electron chi connectivity index (χ0n) is 20.3. The number of rotatable bonds is 14. The number of aliphatic hydroxyl groups is 1. The minimum Gasteiger partial charge on any atom is -0.494 e. The van der Waals surface area contributed by atoms with Crippen molar-refractivity contribution >= 4 is 23.5 Å². The van der Waals surface area contributed by atoms with Crippen molar-refractivity contribution < 1.29 is 24.2 Å². The normalized spacial score (nSPS) is 18.5. The van der Waals surface area contributed by atoms with Gasteiger partial charge in [-0.25, -0.2) is 0 Å². The van der Waals surface area contributed by atoms with E-state index in [1.807, 2.05) is 66.7 Å². The Labute approximate surface area is 212 Å². The van der Waals surface area contributed by atoms with Crippen molar-refractivity contribution in [2.24, 2.45) is 0 Å². The Hall–Kier alpha value is -2.83. The van der Waals surface area contributed by atoms with E-state index in [0.717, 1.165) is 42.7 Å². The third-order valence-electron chi connectivity index (χ3n) is 5.90. The number of thioether (sulfide) groups is 1. The second-order valence-corrected chi connectivity index (χ2v) is 9.70. The minimum atomic E-state index is -1.27. The number of hydrogen-bond acceptors (Lipinski definition) is 6. The van der Waals surface area contributed by atoms with Gasteiger partial charge in [-0.05, 0) is 68.9 Å². The molecule has 3 rings (SSSR count). The molecule has 1 unspecified atom stereocenters. The Kier molecular flexibility index (Phi) is 10.6. The smallest absolute Gasteiger partial charge is 0.305 e. The van der Waals surface area contributed by atoms with E-state index in [2.05, 4.69) is 4.74 Å². The summed E-state index contributed by atoms with van der Waals surface area (Å²) in [6.45, 7) is 0.558. The lowest BCUT2D eigenvalue weighted by atomic mass is 9.90. The molecule has 186 valence electrons. The number of unbranched alkanes of at least 4 members (excludes halogenated alkanes) is 4. The summed E-state index contributed by atoms with van der Waals surface area (Å²) >= 11 is 1.39. The first-order chi connectivity index (χ1) is 17.0. The van der Waals surface area contributed by atoms with Crippen LogP contribution in [0.25, 0.3) is 0 Å². The molecule has 2 aromatic carbocycles. The Balaban J connectivity index is 1.59. The molecule has 6 heteroatoms. The first-order valence-electron chi connectivity index (χ1n) is 12.2. The average molecular weight is 495 g/mol. The van der Waals surface area contributed by atoms with Gasteiger partial charge in [0, 0.05) is 16.9 Å². The summed E-state index contributed by atoms with van der Waals surface area (Å²) in [5, 5.41) is 11.5. The summed E-state index contributed by atoms with van der Waals surface area (Å²) < 4.78 is 10.4. The molecule has 1 aliphatic rings. The number of benzene rings is 2. The van der Waals surface area contributed by atoms with Crippen LogP contribution in [0, 0.1) is 0 Å². The maximum absolute atomic E-state index is 13.2. The van der Waals surface area contributed by atoms with E-state index in [4.69, 9.17) is 4.74 Å². The number of methoxy groups -OCH3 is 1. The zero-order chi connectivity index (χ0) is 24.9. The molecule has 2 aromatic rings. The van der Waals surface area contributed by atoms with E-state index in [1.54, 1.807) is 6.08 Å². The van der Waals surface area contributed by atoms with Crippen molar-refractivity contribution in [1.82, 2.24) is 0 Å². The molecule has 35 heavy (non-hydrogen) atoms.